The Balaban J connectivity index is 1.95. The molecular weight excluding hydrogens is 256 g/mol. The van der Waals surface area contributed by atoms with E-state index >= 15 is 0 Å². The van der Waals surface area contributed by atoms with Crippen molar-refractivity contribution in [2.45, 2.75) is 12.5 Å². The zero-order valence-electron chi connectivity index (χ0n) is 10.5. The predicted octanol–water partition coefficient (Wildman–Crippen LogP) is 4.49. The molecule has 0 amide bonds. The van der Waals surface area contributed by atoms with E-state index in [2.05, 4.69) is 42.5 Å². The van der Waals surface area contributed by atoms with Crippen LogP contribution < -0.4 is 0 Å². The van der Waals surface area contributed by atoms with Crippen LogP contribution in [-0.4, -0.2) is 13.4 Å². The van der Waals surface area contributed by atoms with Crippen LogP contribution in [0.4, 0.5) is 0 Å². The van der Waals surface area contributed by atoms with Gasteiger partial charge in [0.05, 0.1) is 12.7 Å². The molecule has 1 aliphatic heterocycles. The molecule has 1 saturated heterocycles. The van der Waals surface area contributed by atoms with E-state index in [0.29, 0.717) is 6.79 Å². The fourth-order valence-electron chi connectivity index (χ4n) is 2.73. The van der Waals surface area contributed by atoms with Gasteiger partial charge in [0.25, 0.3) is 0 Å². The van der Waals surface area contributed by atoms with Gasteiger partial charge in [0.2, 0.25) is 0 Å². The second-order valence-corrected chi connectivity index (χ2v) is 5.84. The average molecular weight is 270 g/mol. The van der Waals surface area contributed by atoms with E-state index < -0.39 is 0 Å². The van der Waals surface area contributed by atoms with Gasteiger partial charge in [-0.2, -0.15) is 0 Å². The highest BCUT2D eigenvalue weighted by Crippen LogP contribution is 2.39. The van der Waals surface area contributed by atoms with Crippen LogP contribution in [0.25, 0.3) is 20.2 Å². The molecule has 0 aliphatic carbocycles. The minimum Gasteiger partial charge on any atom is -0.355 e. The Bertz CT molecular complexity index is 726. The Morgan fingerprint density at radius 1 is 1.00 bits per heavy atom. The number of fused-ring (bicyclic) bond motifs is 3. The topological polar surface area (TPSA) is 18.5 Å². The molecule has 0 bridgehead atoms. The Kier molecular flexibility index (Phi) is 2.76. The molecule has 1 fully saturated rings. The largest absolute Gasteiger partial charge is 0.355 e. The second-order valence-electron chi connectivity index (χ2n) is 4.79. The molecule has 0 radical (unpaired) electrons. The molecule has 0 N–H and O–H groups in total. The van der Waals surface area contributed by atoms with Gasteiger partial charge in [0.1, 0.15) is 6.79 Å². The first kappa shape index (κ1) is 11.4. The smallest absolute Gasteiger partial charge is 0.147 e. The van der Waals surface area contributed by atoms with Crippen molar-refractivity contribution in [1.29, 1.82) is 0 Å². The van der Waals surface area contributed by atoms with Crippen LogP contribution in [0.1, 0.15) is 18.1 Å². The van der Waals surface area contributed by atoms with Crippen molar-refractivity contribution in [2.24, 2.45) is 0 Å². The summed E-state index contributed by atoms with van der Waals surface area (Å²) in [4.78, 5) is 0. The van der Waals surface area contributed by atoms with Crippen LogP contribution in [0.15, 0.2) is 42.5 Å². The molecule has 3 heteroatoms. The first-order valence-corrected chi connectivity index (χ1v) is 7.34. The van der Waals surface area contributed by atoms with Crippen LogP contribution in [-0.2, 0) is 9.47 Å². The normalized spacial score (nSPS) is 20.1. The summed E-state index contributed by atoms with van der Waals surface area (Å²) in [6.45, 7) is 1.19. The second kappa shape index (κ2) is 4.60. The molecule has 4 rings (SSSR count). The SMILES string of the molecule is c1ccc2c(c1)sc1c(C3CCOCO3)cccc12. The molecule has 1 aromatic heterocycles. The molecule has 3 aromatic rings. The van der Waals surface area contributed by atoms with Crippen LogP contribution in [0.3, 0.4) is 0 Å². The maximum Gasteiger partial charge on any atom is 0.147 e. The quantitative estimate of drug-likeness (QED) is 0.648. The number of benzene rings is 2. The van der Waals surface area contributed by atoms with Crippen molar-refractivity contribution in [3.63, 3.8) is 0 Å². The lowest BCUT2D eigenvalue weighted by Gasteiger charge is -2.23. The summed E-state index contributed by atoms with van der Waals surface area (Å²) in [6, 6.07) is 15.1. The molecule has 1 unspecified atom stereocenters. The first-order valence-electron chi connectivity index (χ1n) is 6.53. The molecule has 2 aromatic carbocycles. The summed E-state index contributed by atoms with van der Waals surface area (Å²) < 4.78 is 13.7. The highest BCUT2D eigenvalue weighted by Gasteiger charge is 2.20. The van der Waals surface area contributed by atoms with Gasteiger partial charge in [-0.3, -0.25) is 0 Å². The third-order valence-electron chi connectivity index (χ3n) is 3.66. The zero-order valence-corrected chi connectivity index (χ0v) is 11.3. The van der Waals surface area contributed by atoms with E-state index in [1.807, 2.05) is 11.3 Å². The van der Waals surface area contributed by atoms with E-state index in [1.165, 1.54) is 25.7 Å². The van der Waals surface area contributed by atoms with E-state index in [4.69, 9.17) is 9.47 Å². The van der Waals surface area contributed by atoms with Crippen molar-refractivity contribution in [2.75, 3.05) is 13.4 Å². The lowest BCUT2D eigenvalue weighted by Crippen LogP contribution is -2.17. The van der Waals surface area contributed by atoms with Crippen molar-refractivity contribution in [3.05, 3.63) is 48.0 Å². The summed E-state index contributed by atoms with van der Waals surface area (Å²) >= 11 is 1.86. The van der Waals surface area contributed by atoms with Gasteiger partial charge >= 0.3 is 0 Å². The molecule has 0 saturated carbocycles. The fraction of sp³-hybridized carbons (Fsp3) is 0.250. The Morgan fingerprint density at radius 2 is 1.89 bits per heavy atom. The number of ether oxygens (including phenoxy) is 2. The lowest BCUT2D eigenvalue weighted by molar-refractivity contribution is -0.140. The molecule has 19 heavy (non-hydrogen) atoms. The van der Waals surface area contributed by atoms with Gasteiger partial charge < -0.3 is 9.47 Å². The van der Waals surface area contributed by atoms with E-state index in [9.17, 15) is 0 Å². The zero-order chi connectivity index (χ0) is 12.7. The number of thiophene rings is 1. The molecule has 0 spiro atoms. The number of hydrogen-bond acceptors (Lipinski definition) is 3. The molecule has 2 heterocycles. The molecule has 2 nitrogen and oxygen atoms in total. The minimum absolute atomic E-state index is 0.172. The van der Waals surface area contributed by atoms with Crippen LogP contribution in [0, 0.1) is 0 Å². The summed E-state index contributed by atoms with van der Waals surface area (Å²) in [7, 11) is 0. The summed E-state index contributed by atoms with van der Waals surface area (Å²) in [5.74, 6) is 0. The molecule has 1 atom stereocenters. The van der Waals surface area contributed by atoms with Gasteiger partial charge in [-0.25, -0.2) is 0 Å². The minimum atomic E-state index is 0.172. The summed E-state index contributed by atoms with van der Waals surface area (Å²) in [5, 5.41) is 2.68. The highest BCUT2D eigenvalue weighted by molar-refractivity contribution is 7.26. The van der Waals surface area contributed by atoms with E-state index in [1.54, 1.807) is 0 Å². The molecule has 96 valence electrons. The first-order chi connectivity index (χ1) is 9.43. The van der Waals surface area contributed by atoms with E-state index in [-0.39, 0.29) is 6.10 Å². The summed E-state index contributed by atoms with van der Waals surface area (Å²) in [5.41, 5.74) is 1.31. The monoisotopic (exact) mass is 270 g/mol. The maximum absolute atomic E-state index is 5.75. The third-order valence-corrected chi connectivity index (χ3v) is 4.89. The average Bonchev–Trinajstić information content (AvgIpc) is 2.87. The van der Waals surface area contributed by atoms with Crippen LogP contribution >= 0.6 is 11.3 Å². The highest BCUT2D eigenvalue weighted by atomic mass is 32.1. The van der Waals surface area contributed by atoms with Crippen molar-refractivity contribution >= 4 is 31.5 Å². The van der Waals surface area contributed by atoms with Gasteiger partial charge in [-0.1, -0.05) is 36.4 Å². The van der Waals surface area contributed by atoms with Gasteiger partial charge in [0, 0.05) is 26.6 Å². The lowest BCUT2D eigenvalue weighted by atomic mass is 10.0. The van der Waals surface area contributed by atoms with Crippen molar-refractivity contribution in [1.82, 2.24) is 0 Å². The van der Waals surface area contributed by atoms with E-state index in [0.717, 1.165) is 13.0 Å². The number of hydrogen-bond donors (Lipinski definition) is 0. The summed E-state index contributed by atoms with van der Waals surface area (Å²) in [6.07, 6.45) is 1.11. The van der Waals surface area contributed by atoms with Gasteiger partial charge in [-0.05, 0) is 11.6 Å². The van der Waals surface area contributed by atoms with Gasteiger partial charge in [0.15, 0.2) is 0 Å². The van der Waals surface area contributed by atoms with Crippen LogP contribution in [0.5, 0.6) is 0 Å². The van der Waals surface area contributed by atoms with Gasteiger partial charge in [-0.15, -0.1) is 11.3 Å². The van der Waals surface area contributed by atoms with Crippen LogP contribution in [0.2, 0.25) is 0 Å². The Hall–Kier alpha value is -1.42. The van der Waals surface area contributed by atoms with Crippen molar-refractivity contribution in [3.8, 4) is 0 Å². The molecule has 1 aliphatic rings. The molecular formula is C16H14O2S. The third kappa shape index (κ3) is 1.86. The maximum atomic E-state index is 5.75. The Morgan fingerprint density at radius 3 is 2.79 bits per heavy atom. The standard InChI is InChI=1S/C16H14O2S/c1-2-7-15-11(4-1)12-5-3-6-13(16(12)19-15)14-8-9-17-10-18-14/h1-7,14H,8-10H2. The predicted molar refractivity (Wildman–Crippen MR) is 78.6 cm³/mol. The number of rotatable bonds is 1. The fourth-order valence-corrected chi connectivity index (χ4v) is 3.99. The van der Waals surface area contributed by atoms with Crippen molar-refractivity contribution < 1.29 is 9.47 Å². The Labute approximate surface area is 115 Å².